The Morgan fingerprint density at radius 2 is 1.18 bits per heavy atom. The van der Waals surface area contributed by atoms with Gasteiger partial charge in [0.2, 0.25) is 0 Å². The zero-order valence-corrected chi connectivity index (χ0v) is 13.4. The van der Waals surface area contributed by atoms with Crippen LogP contribution in [0.15, 0.2) is 0 Å². The first-order valence-corrected chi connectivity index (χ1v) is 14.9. The van der Waals surface area contributed by atoms with E-state index in [-0.39, 0.29) is 0 Å². The second-order valence-corrected chi connectivity index (χ2v) is 32.6. The first kappa shape index (κ1) is 13.7. The number of rotatable bonds is 2. The monoisotopic (exact) mass is 336 g/mol. The van der Waals surface area contributed by atoms with Gasteiger partial charge in [0.15, 0.2) is 0 Å². The molecule has 0 fully saturated rings. The van der Waals surface area contributed by atoms with Gasteiger partial charge in [-0.15, -0.1) is 0 Å². The first-order valence-electron chi connectivity index (χ1n) is 1.92. The maximum Gasteiger partial charge on any atom is 0.0334 e. The molecular formula is CH4S10. The molecule has 0 heterocycles. The van der Waals surface area contributed by atoms with Crippen LogP contribution in [0.2, 0.25) is 0 Å². The normalized spacial score (nSPS) is 14.7. The van der Waals surface area contributed by atoms with Crippen LogP contribution in [-0.2, 0) is 83.7 Å². The first-order chi connectivity index (χ1) is 4.50. The summed E-state index contributed by atoms with van der Waals surface area (Å²) >= 11 is 34.2. The van der Waals surface area contributed by atoms with Gasteiger partial charge < -0.3 is 0 Å². The van der Waals surface area contributed by atoms with Gasteiger partial charge in [0, 0.05) is 16.7 Å². The van der Waals surface area contributed by atoms with Gasteiger partial charge >= 0.3 is 0 Å². The van der Waals surface area contributed by atoms with E-state index in [0.717, 1.165) is 0 Å². The van der Waals surface area contributed by atoms with Gasteiger partial charge in [-0.3, -0.25) is 0 Å². The summed E-state index contributed by atoms with van der Waals surface area (Å²) in [4.78, 5) is 0. The van der Waals surface area contributed by atoms with Crippen molar-refractivity contribution < 1.29 is 0 Å². The Labute approximate surface area is 99.9 Å². The molecule has 0 N–H and O–H groups in total. The van der Waals surface area contributed by atoms with Crippen molar-refractivity contribution >= 4 is 95.4 Å². The molecule has 0 saturated heterocycles. The number of hydrogen-bond donors (Lipinski definition) is 1. The molecule has 0 aromatic rings. The van der Waals surface area contributed by atoms with Crippen LogP contribution in [0, 0.1) is 0 Å². The molecule has 0 aliphatic carbocycles. The number of thiol groups is 1. The summed E-state index contributed by atoms with van der Waals surface area (Å²) in [6.45, 7) is 0. The second kappa shape index (κ2) is 4.07. The van der Waals surface area contributed by atoms with Crippen LogP contribution in [0.5, 0.6) is 0 Å². The maximum atomic E-state index is 5.10. The predicted octanol–water partition coefficient (Wildman–Crippen LogP) is 0.524. The average molecular weight is 337 g/mol. The van der Waals surface area contributed by atoms with Gasteiger partial charge in [-0.05, 0) is 73.3 Å². The van der Waals surface area contributed by atoms with Crippen molar-refractivity contribution in [1.82, 2.24) is 0 Å². The Bertz CT molecular complexity index is 383. The molecule has 0 aromatic carbocycles. The minimum Gasteiger partial charge on any atom is -0.0917 e. The second-order valence-electron chi connectivity index (χ2n) is 1.54. The summed E-state index contributed by atoms with van der Waals surface area (Å²) in [6.07, 6.45) is -0.130. The van der Waals surface area contributed by atoms with Gasteiger partial charge in [-0.1, -0.05) is 11.7 Å². The van der Waals surface area contributed by atoms with Crippen LogP contribution in [0.3, 0.4) is 0 Å². The van der Waals surface area contributed by atoms with E-state index in [1.807, 2.05) is 0 Å². The molecule has 0 unspecified atom stereocenters. The maximum absolute atomic E-state index is 5.10. The molecule has 0 saturated carbocycles. The quantitative estimate of drug-likeness (QED) is 0.573. The summed E-state index contributed by atoms with van der Waals surface area (Å²) in [5.41, 5.74) is 0. The molecule has 0 amide bonds. The molecule has 0 atom stereocenters. The minimum atomic E-state index is -2.06. The van der Waals surface area contributed by atoms with E-state index in [2.05, 4.69) is 11.7 Å². The highest BCUT2D eigenvalue weighted by atomic mass is 34.1. The van der Waals surface area contributed by atoms with Crippen molar-refractivity contribution in [2.45, 2.75) is 0 Å². The van der Waals surface area contributed by atoms with Crippen LogP contribution < -0.4 is 0 Å². The third-order valence-corrected chi connectivity index (χ3v) is 39.9. The lowest BCUT2D eigenvalue weighted by Gasteiger charge is -2.13. The van der Waals surface area contributed by atoms with E-state index < -0.39 is 16.6 Å². The van der Waals surface area contributed by atoms with Crippen molar-refractivity contribution in [3.05, 3.63) is 0 Å². The van der Waals surface area contributed by atoms with E-state index in [1.54, 1.807) is 6.26 Å². The fourth-order valence-corrected chi connectivity index (χ4v) is 24.0. The van der Waals surface area contributed by atoms with Crippen molar-refractivity contribution in [2.24, 2.45) is 0 Å². The lowest BCUT2D eigenvalue weighted by atomic mass is 12.0. The Kier molecular flexibility index (Phi) is 5.08. The summed E-state index contributed by atoms with van der Waals surface area (Å²) in [5.74, 6) is 0. The average Bonchev–Trinajstić information content (AvgIpc) is 1.58. The Morgan fingerprint density at radius 3 is 1.18 bits per heavy atom. The SMILES string of the molecule is CS(=S)(=S)S(=S)(=S)S(=S)(=S)S. The topological polar surface area (TPSA) is 0 Å². The molecule has 0 aliphatic rings. The molecule has 10 heteroatoms. The molecule has 68 valence electrons. The molecule has 0 aliphatic heterocycles. The van der Waals surface area contributed by atoms with Crippen LogP contribution in [0.25, 0.3) is 0 Å². The minimum absolute atomic E-state index is 1.70. The van der Waals surface area contributed by atoms with E-state index in [9.17, 15) is 0 Å². The number of hydrogen-bond acceptors (Lipinski definition) is 6. The molecule has 0 rings (SSSR count). The Balaban J connectivity index is 5.92. The third kappa shape index (κ3) is 3.40. The predicted molar refractivity (Wildman–Crippen MR) is 81.2 cm³/mol. The molecule has 0 aromatic heterocycles. The van der Waals surface area contributed by atoms with Gasteiger partial charge in [-0.2, -0.15) is 0 Å². The summed E-state index contributed by atoms with van der Waals surface area (Å²) in [6, 6.07) is 0. The van der Waals surface area contributed by atoms with Gasteiger partial charge in [0.25, 0.3) is 0 Å². The highest BCUT2D eigenvalue weighted by molar-refractivity contribution is 9.46. The van der Waals surface area contributed by atoms with Crippen LogP contribution in [0.4, 0.5) is 0 Å². The molecule has 0 spiro atoms. The molecule has 11 heavy (non-hydrogen) atoms. The molecule has 0 bridgehead atoms. The van der Waals surface area contributed by atoms with E-state index in [0.29, 0.717) is 0 Å². The summed E-state index contributed by atoms with van der Waals surface area (Å²) < 4.78 is 0. The molecular weight excluding hydrogens is 333 g/mol. The zero-order chi connectivity index (χ0) is 9.50. The molecule has 0 nitrogen and oxygen atoms in total. The Hall–Kier alpha value is 2.72. The van der Waals surface area contributed by atoms with Crippen molar-refractivity contribution in [3.8, 4) is 0 Å². The largest absolute Gasteiger partial charge is 0.0917 e. The van der Waals surface area contributed by atoms with Crippen molar-refractivity contribution in [1.29, 1.82) is 0 Å². The van der Waals surface area contributed by atoms with Crippen molar-refractivity contribution in [3.63, 3.8) is 0 Å². The van der Waals surface area contributed by atoms with E-state index >= 15 is 0 Å². The van der Waals surface area contributed by atoms with Gasteiger partial charge in [0.1, 0.15) is 0 Å². The Morgan fingerprint density at radius 1 is 0.909 bits per heavy atom. The van der Waals surface area contributed by atoms with Crippen LogP contribution in [-0.4, -0.2) is 6.26 Å². The fourth-order valence-electron chi connectivity index (χ4n) is 0.156. The van der Waals surface area contributed by atoms with Crippen LogP contribution in [0.1, 0.15) is 0 Å². The van der Waals surface area contributed by atoms with Gasteiger partial charge in [0.05, 0.1) is 0 Å². The highest BCUT2D eigenvalue weighted by Crippen LogP contribution is 2.18. The summed E-state index contributed by atoms with van der Waals surface area (Å²) in [5, 5.41) is -4.11. The lowest BCUT2D eigenvalue weighted by molar-refractivity contribution is 2.53. The van der Waals surface area contributed by atoms with Crippen LogP contribution >= 0.6 is 11.7 Å². The van der Waals surface area contributed by atoms with E-state index in [4.69, 9.17) is 67.1 Å². The smallest absolute Gasteiger partial charge is 0.0334 e. The van der Waals surface area contributed by atoms with Gasteiger partial charge in [-0.25, -0.2) is 0 Å². The lowest BCUT2D eigenvalue weighted by Crippen LogP contribution is -2.13. The standard InChI is InChI=1S/CH4S10/c1-9(2,3)11(7,8)10(4,5)6/h1H3,(H,4,5,6). The highest BCUT2D eigenvalue weighted by Gasteiger charge is 2.14. The van der Waals surface area contributed by atoms with Crippen molar-refractivity contribution in [2.75, 3.05) is 6.26 Å². The zero-order valence-electron chi connectivity index (χ0n) is 5.12. The van der Waals surface area contributed by atoms with E-state index in [1.165, 1.54) is 0 Å². The summed E-state index contributed by atoms with van der Waals surface area (Å²) in [7, 11) is 0. The third-order valence-electron chi connectivity index (χ3n) is 0.629. The fraction of sp³-hybridized carbons (Fsp3) is 1.00. The molecule has 0 radical (unpaired) electrons.